The van der Waals surface area contributed by atoms with Gasteiger partial charge >= 0.3 is 5.97 Å². The fourth-order valence-corrected chi connectivity index (χ4v) is 3.10. The Morgan fingerprint density at radius 2 is 1.15 bits per heavy atom. The summed E-state index contributed by atoms with van der Waals surface area (Å²) in [5, 5.41) is 0. The van der Waals surface area contributed by atoms with E-state index < -0.39 is 0 Å². The highest BCUT2D eigenvalue weighted by Crippen LogP contribution is 2.13. The molecule has 2 heteroatoms. The molecule has 0 saturated heterocycles. The fourth-order valence-electron chi connectivity index (χ4n) is 3.10. The van der Waals surface area contributed by atoms with Gasteiger partial charge in [0.15, 0.2) is 0 Å². The minimum absolute atomic E-state index is 0.0650. The van der Waals surface area contributed by atoms with Gasteiger partial charge in [0.25, 0.3) is 0 Å². The van der Waals surface area contributed by atoms with E-state index >= 15 is 0 Å². The fraction of sp³-hybridized carbons (Fsp3) is 0.792. The minimum Gasteiger partial charge on any atom is -0.461 e. The molecule has 0 aliphatic rings. The molecule has 0 unspecified atom stereocenters. The topological polar surface area (TPSA) is 26.3 Å². The molecule has 2 nitrogen and oxygen atoms in total. The monoisotopic (exact) mass is 364 g/mol. The van der Waals surface area contributed by atoms with E-state index in [1.165, 1.54) is 83.5 Å². The summed E-state index contributed by atoms with van der Waals surface area (Å²) in [6.45, 7) is 4.63. The molecule has 0 atom stereocenters. The minimum atomic E-state index is -0.0650. The second-order valence-corrected chi connectivity index (χ2v) is 7.34. The largest absolute Gasteiger partial charge is 0.461 e. The average Bonchev–Trinajstić information content (AvgIpc) is 2.64. The summed E-state index contributed by atoms with van der Waals surface area (Å²) in [6.07, 6.45) is 28.4. The second-order valence-electron chi connectivity index (χ2n) is 7.34. The second kappa shape index (κ2) is 22.0. The lowest BCUT2D eigenvalue weighted by Gasteiger charge is -2.04. The Kier molecular flexibility index (Phi) is 21.1. The highest BCUT2D eigenvalue weighted by atomic mass is 16.5. The number of unbranched alkanes of at least 4 members (excludes halogenated alkanes) is 14. The van der Waals surface area contributed by atoms with E-state index in [1.54, 1.807) is 0 Å². The van der Waals surface area contributed by atoms with Crippen LogP contribution in [0.3, 0.4) is 0 Å². The Morgan fingerprint density at radius 3 is 1.62 bits per heavy atom. The number of carbonyl (C=O) groups excluding carboxylic acids is 1. The van der Waals surface area contributed by atoms with Gasteiger partial charge in [0.1, 0.15) is 6.61 Å². The van der Waals surface area contributed by atoms with Crippen LogP contribution in [-0.2, 0) is 9.53 Å². The third-order valence-electron chi connectivity index (χ3n) is 4.76. The number of allylic oxidation sites excluding steroid dienone is 3. The van der Waals surface area contributed by atoms with Crippen LogP contribution >= 0.6 is 0 Å². The predicted octanol–water partition coefficient (Wildman–Crippen LogP) is 7.92. The van der Waals surface area contributed by atoms with E-state index in [4.69, 9.17) is 4.74 Å². The van der Waals surface area contributed by atoms with Crippen molar-refractivity contribution in [3.05, 3.63) is 24.3 Å². The maximum absolute atomic E-state index is 11.5. The maximum atomic E-state index is 11.5. The zero-order valence-corrected chi connectivity index (χ0v) is 17.6. The van der Waals surface area contributed by atoms with Gasteiger partial charge in [0, 0.05) is 6.42 Å². The number of esters is 1. The summed E-state index contributed by atoms with van der Waals surface area (Å²) in [5.74, 6) is -0.0650. The lowest BCUT2D eigenvalue weighted by molar-refractivity contribution is -0.142. The number of hydrogen-bond acceptors (Lipinski definition) is 2. The van der Waals surface area contributed by atoms with Crippen molar-refractivity contribution in [2.75, 3.05) is 6.61 Å². The van der Waals surface area contributed by atoms with E-state index in [-0.39, 0.29) is 5.97 Å². The molecule has 0 aromatic rings. The molecular weight excluding hydrogens is 320 g/mol. The van der Waals surface area contributed by atoms with Crippen molar-refractivity contribution < 1.29 is 9.53 Å². The number of ether oxygens (including phenoxy) is 1. The smallest absolute Gasteiger partial charge is 0.306 e. The summed E-state index contributed by atoms with van der Waals surface area (Å²) in [6, 6.07) is 0. The molecule has 0 rings (SSSR count). The molecule has 26 heavy (non-hydrogen) atoms. The van der Waals surface area contributed by atoms with Crippen LogP contribution in [0.4, 0.5) is 0 Å². The van der Waals surface area contributed by atoms with Crippen molar-refractivity contribution in [1.82, 2.24) is 0 Å². The van der Waals surface area contributed by atoms with Crippen LogP contribution < -0.4 is 0 Å². The summed E-state index contributed by atoms with van der Waals surface area (Å²) in [4.78, 5) is 11.5. The average molecular weight is 365 g/mol. The first kappa shape index (κ1) is 24.9. The first-order valence-corrected chi connectivity index (χ1v) is 11.2. The number of rotatable bonds is 19. The Labute approximate surface area is 163 Å². The van der Waals surface area contributed by atoms with Crippen LogP contribution in [0.15, 0.2) is 24.3 Å². The van der Waals surface area contributed by atoms with Crippen LogP contribution in [0.2, 0.25) is 0 Å². The molecule has 0 bridgehead atoms. The lowest BCUT2D eigenvalue weighted by atomic mass is 10.0. The van der Waals surface area contributed by atoms with Gasteiger partial charge in [0.2, 0.25) is 0 Å². The molecular formula is C24H44O2. The van der Waals surface area contributed by atoms with Gasteiger partial charge in [-0.25, -0.2) is 0 Å². The Bertz CT molecular complexity index is 344. The quantitative estimate of drug-likeness (QED) is 0.132. The highest BCUT2D eigenvalue weighted by Gasteiger charge is 2.01. The molecule has 0 spiro atoms. The van der Waals surface area contributed by atoms with Crippen molar-refractivity contribution in [1.29, 1.82) is 0 Å². The van der Waals surface area contributed by atoms with Crippen LogP contribution in [-0.4, -0.2) is 12.6 Å². The molecule has 0 saturated carbocycles. The summed E-state index contributed by atoms with van der Waals surface area (Å²) in [5.41, 5.74) is 0. The molecule has 0 aromatic heterocycles. The van der Waals surface area contributed by atoms with Crippen molar-refractivity contribution in [3.63, 3.8) is 0 Å². The van der Waals surface area contributed by atoms with Crippen LogP contribution in [0.25, 0.3) is 0 Å². The van der Waals surface area contributed by atoms with E-state index in [0.717, 1.165) is 12.8 Å². The highest BCUT2D eigenvalue weighted by molar-refractivity contribution is 5.69. The van der Waals surface area contributed by atoms with Gasteiger partial charge in [-0.1, -0.05) is 115 Å². The summed E-state index contributed by atoms with van der Waals surface area (Å²) >= 11 is 0. The van der Waals surface area contributed by atoms with Crippen LogP contribution in [0.5, 0.6) is 0 Å². The van der Waals surface area contributed by atoms with E-state index in [0.29, 0.717) is 13.0 Å². The molecule has 0 heterocycles. The van der Waals surface area contributed by atoms with E-state index in [2.05, 4.69) is 6.92 Å². The lowest BCUT2D eigenvalue weighted by Crippen LogP contribution is -2.03. The van der Waals surface area contributed by atoms with Gasteiger partial charge in [-0.3, -0.25) is 4.79 Å². The zero-order chi connectivity index (χ0) is 19.1. The Balaban J connectivity index is 3.16. The van der Waals surface area contributed by atoms with Gasteiger partial charge < -0.3 is 4.74 Å². The Hall–Kier alpha value is -1.05. The third-order valence-corrected chi connectivity index (χ3v) is 4.76. The van der Waals surface area contributed by atoms with Crippen LogP contribution in [0.1, 0.15) is 117 Å². The van der Waals surface area contributed by atoms with Crippen molar-refractivity contribution in [2.24, 2.45) is 0 Å². The maximum Gasteiger partial charge on any atom is 0.306 e. The van der Waals surface area contributed by atoms with Crippen LogP contribution in [0, 0.1) is 0 Å². The molecule has 0 fully saturated rings. The first-order chi connectivity index (χ1) is 12.8. The molecule has 0 amide bonds. The molecule has 0 radical (unpaired) electrons. The van der Waals surface area contributed by atoms with Crippen molar-refractivity contribution in [2.45, 2.75) is 117 Å². The van der Waals surface area contributed by atoms with E-state index in [1.807, 2.05) is 31.2 Å². The normalized spacial score (nSPS) is 11.6. The summed E-state index contributed by atoms with van der Waals surface area (Å²) < 4.78 is 5.15. The van der Waals surface area contributed by atoms with Crippen molar-refractivity contribution in [3.8, 4) is 0 Å². The molecule has 0 aliphatic heterocycles. The standard InChI is InChI=1S/C24H44O2/c1-3-5-7-9-10-11-12-13-14-15-16-17-18-19-20-22-24(25)26-23-21-8-6-4-2/h4,6,8,21H,3,5,7,9-20,22-23H2,1-2H3. The zero-order valence-electron chi connectivity index (χ0n) is 17.6. The Morgan fingerprint density at radius 1 is 0.692 bits per heavy atom. The SMILES string of the molecule is CC=CC=CCOC(=O)CCCCCCCCCCCCCCCCC. The molecule has 0 aliphatic carbocycles. The van der Waals surface area contributed by atoms with Gasteiger partial charge in [-0.2, -0.15) is 0 Å². The van der Waals surface area contributed by atoms with Crippen molar-refractivity contribution >= 4 is 5.97 Å². The van der Waals surface area contributed by atoms with E-state index in [9.17, 15) is 4.79 Å². The number of hydrogen-bond donors (Lipinski definition) is 0. The molecule has 0 N–H and O–H groups in total. The number of carbonyl (C=O) groups is 1. The first-order valence-electron chi connectivity index (χ1n) is 11.2. The molecule has 152 valence electrons. The summed E-state index contributed by atoms with van der Waals surface area (Å²) in [7, 11) is 0. The predicted molar refractivity (Wildman–Crippen MR) is 114 cm³/mol. The third kappa shape index (κ3) is 21.0. The van der Waals surface area contributed by atoms with Gasteiger partial charge in [0.05, 0.1) is 0 Å². The van der Waals surface area contributed by atoms with Gasteiger partial charge in [-0.05, 0) is 19.4 Å². The molecule has 0 aromatic carbocycles. The van der Waals surface area contributed by atoms with Gasteiger partial charge in [-0.15, -0.1) is 0 Å².